The maximum absolute atomic E-state index is 12.4. The maximum Gasteiger partial charge on any atom is 0.270 e. The Morgan fingerprint density at radius 1 is 1.43 bits per heavy atom. The Morgan fingerprint density at radius 3 is 2.93 bits per heavy atom. The van der Waals surface area contributed by atoms with E-state index < -0.39 is 4.92 Å². The fourth-order valence-electron chi connectivity index (χ4n) is 3.38. The third kappa shape index (κ3) is 5.29. The van der Waals surface area contributed by atoms with E-state index in [0.717, 1.165) is 25.9 Å². The van der Waals surface area contributed by atoms with Crippen molar-refractivity contribution >= 4 is 50.8 Å². The Bertz CT molecular complexity index is 1080. The van der Waals surface area contributed by atoms with E-state index in [4.69, 9.17) is 6.42 Å². The Balaban J connectivity index is 1.69. The van der Waals surface area contributed by atoms with Crippen LogP contribution in [0.3, 0.4) is 0 Å². The van der Waals surface area contributed by atoms with Crippen LogP contribution in [0.4, 0.5) is 5.69 Å². The van der Waals surface area contributed by atoms with Crippen molar-refractivity contribution in [3.63, 3.8) is 0 Å². The molecule has 2 heterocycles. The number of carbonyl (C=O) groups excluding carboxylic acids is 2. The molecule has 1 atom stereocenters. The summed E-state index contributed by atoms with van der Waals surface area (Å²) in [5, 5.41) is 11.0. The summed E-state index contributed by atoms with van der Waals surface area (Å²) in [5.74, 6) is 3.05. The first-order chi connectivity index (χ1) is 14.4. The summed E-state index contributed by atoms with van der Waals surface area (Å²) in [7, 11) is 0. The monoisotopic (exact) mass is 446 g/mol. The number of nitrogens with zero attached hydrogens (tertiary/aromatic N) is 4. The van der Waals surface area contributed by atoms with Crippen LogP contribution in [0.15, 0.2) is 23.2 Å². The van der Waals surface area contributed by atoms with E-state index >= 15 is 0 Å². The molecule has 0 radical (unpaired) electrons. The van der Waals surface area contributed by atoms with Gasteiger partial charge in [0.25, 0.3) is 11.6 Å². The van der Waals surface area contributed by atoms with Crippen LogP contribution in [0, 0.1) is 28.4 Å². The molecule has 2 aromatic rings. The number of fused-ring (bicyclic) bond motifs is 1. The minimum absolute atomic E-state index is 0.0319. The third-order valence-electron chi connectivity index (χ3n) is 4.81. The Kier molecular flexibility index (Phi) is 7.29. The van der Waals surface area contributed by atoms with Crippen LogP contribution in [0.1, 0.15) is 19.8 Å². The van der Waals surface area contributed by atoms with E-state index in [0.29, 0.717) is 20.9 Å². The number of terminal acetylenes is 1. The molecule has 10 heteroatoms. The van der Waals surface area contributed by atoms with E-state index in [9.17, 15) is 19.7 Å². The lowest BCUT2D eigenvalue weighted by molar-refractivity contribution is -0.384. The Morgan fingerprint density at radius 2 is 2.23 bits per heavy atom. The van der Waals surface area contributed by atoms with Crippen LogP contribution in [0.25, 0.3) is 10.2 Å². The summed E-state index contributed by atoms with van der Waals surface area (Å²) in [6.07, 6.45) is 7.60. The molecule has 1 fully saturated rings. The van der Waals surface area contributed by atoms with E-state index in [1.165, 1.54) is 35.2 Å². The zero-order chi connectivity index (χ0) is 21.7. The SMILES string of the molecule is C#CCn1c(=NC(=O)CSCC(=O)N2CCCC(C)C2)sc2cc([N+](=O)[O-])ccc21. The van der Waals surface area contributed by atoms with Gasteiger partial charge in [-0.1, -0.05) is 24.2 Å². The van der Waals surface area contributed by atoms with Gasteiger partial charge in [-0.3, -0.25) is 19.7 Å². The van der Waals surface area contributed by atoms with Gasteiger partial charge in [0.15, 0.2) is 4.80 Å². The molecule has 158 valence electrons. The van der Waals surface area contributed by atoms with Crippen molar-refractivity contribution in [1.82, 2.24) is 9.47 Å². The molecule has 1 aliphatic rings. The largest absolute Gasteiger partial charge is 0.342 e. The van der Waals surface area contributed by atoms with Gasteiger partial charge in [0.1, 0.15) is 0 Å². The second kappa shape index (κ2) is 9.91. The smallest absolute Gasteiger partial charge is 0.270 e. The van der Waals surface area contributed by atoms with Crippen LogP contribution in [-0.4, -0.2) is 50.8 Å². The molecule has 1 unspecified atom stereocenters. The van der Waals surface area contributed by atoms with E-state index in [1.807, 2.05) is 4.90 Å². The van der Waals surface area contributed by atoms with Gasteiger partial charge >= 0.3 is 0 Å². The van der Waals surface area contributed by atoms with Gasteiger partial charge in [0, 0.05) is 25.2 Å². The molecule has 30 heavy (non-hydrogen) atoms. The molecule has 0 aliphatic carbocycles. The van der Waals surface area contributed by atoms with Gasteiger partial charge in [-0.15, -0.1) is 18.2 Å². The molecule has 1 saturated heterocycles. The number of nitro groups is 1. The number of thioether (sulfide) groups is 1. The first-order valence-electron chi connectivity index (χ1n) is 9.53. The second-order valence-corrected chi connectivity index (χ2v) is 9.16. The summed E-state index contributed by atoms with van der Waals surface area (Å²) in [6, 6.07) is 4.46. The second-order valence-electron chi connectivity index (χ2n) is 7.17. The highest BCUT2D eigenvalue weighted by molar-refractivity contribution is 8.00. The minimum Gasteiger partial charge on any atom is -0.342 e. The topological polar surface area (TPSA) is 97.8 Å². The molecule has 3 rings (SSSR count). The normalized spacial score (nSPS) is 17.1. The van der Waals surface area contributed by atoms with Crippen molar-refractivity contribution in [2.45, 2.75) is 26.3 Å². The zero-order valence-corrected chi connectivity index (χ0v) is 18.2. The van der Waals surface area contributed by atoms with Crippen molar-refractivity contribution in [2.75, 3.05) is 24.6 Å². The fraction of sp³-hybridized carbons (Fsp3) is 0.450. The van der Waals surface area contributed by atoms with Crippen LogP contribution >= 0.6 is 23.1 Å². The number of benzene rings is 1. The number of non-ortho nitro benzene ring substituents is 1. The Labute approximate surface area is 182 Å². The van der Waals surface area contributed by atoms with Gasteiger partial charge in [0.05, 0.1) is 33.2 Å². The molecule has 8 nitrogen and oxygen atoms in total. The summed E-state index contributed by atoms with van der Waals surface area (Å²) in [6.45, 7) is 3.89. The van der Waals surface area contributed by atoms with Crippen LogP contribution < -0.4 is 4.80 Å². The fourth-order valence-corrected chi connectivity index (χ4v) is 5.15. The lowest BCUT2D eigenvalue weighted by Crippen LogP contribution is -2.40. The number of rotatable bonds is 6. The van der Waals surface area contributed by atoms with Crippen molar-refractivity contribution in [3.8, 4) is 12.3 Å². The summed E-state index contributed by atoms with van der Waals surface area (Å²) < 4.78 is 2.32. The zero-order valence-electron chi connectivity index (χ0n) is 16.6. The first-order valence-corrected chi connectivity index (χ1v) is 11.5. The number of thiazole rings is 1. The highest BCUT2D eigenvalue weighted by Crippen LogP contribution is 2.23. The molecule has 2 amide bonds. The summed E-state index contributed by atoms with van der Waals surface area (Å²) >= 11 is 2.42. The van der Waals surface area contributed by atoms with Crippen molar-refractivity contribution in [3.05, 3.63) is 33.1 Å². The number of hydrogen-bond donors (Lipinski definition) is 0. The van der Waals surface area contributed by atoms with Crippen molar-refractivity contribution in [1.29, 1.82) is 0 Å². The van der Waals surface area contributed by atoms with E-state index in [-0.39, 0.29) is 35.6 Å². The van der Waals surface area contributed by atoms with Gasteiger partial charge in [-0.2, -0.15) is 4.99 Å². The van der Waals surface area contributed by atoms with Crippen LogP contribution in [0.5, 0.6) is 0 Å². The maximum atomic E-state index is 12.4. The molecule has 1 aromatic carbocycles. The molecule has 0 bridgehead atoms. The molecule has 0 saturated carbocycles. The number of aromatic nitrogens is 1. The van der Waals surface area contributed by atoms with Gasteiger partial charge < -0.3 is 9.47 Å². The standard InChI is InChI=1S/C20H22N4O4S2/c1-3-8-23-16-7-6-15(24(27)28)10-17(16)30-20(23)21-18(25)12-29-13-19(26)22-9-4-5-14(2)11-22/h1,6-7,10,14H,4-5,8-9,11-13H2,2H3. The lowest BCUT2D eigenvalue weighted by Gasteiger charge is -2.30. The minimum atomic E-state index is -0.469. The predicted molar refractivity (Wildman–Crippen MR) is 118 cm³/mol. The predicted octanol–water partition coefficient (Wildman–Crippen LogP) is 2.66. The number of likely N-dealkylation sites (tertiary alicyclic amines) is 1. The molecular weight excluding hydrogens is 424 g/mol. The van der Waals surface area contributed by atoms with E-state index in [2.05, 4.69) is 17.8 Å². The summed E-state index contributed by atoms with van der Waals surface area (Å²) in [5.41, 5.74) is 0.660. The highest BCUT2D eigenvalue weighted by atomic mass is 32.2. The molecule has 1 aromatic heterocycles. The number of hydrogen-bond acceptors (Lipinski definition) is 6. The van der Waals surface area contributed by atoms with Gasteiger partial charge in [-0.05, 0) is 24.8 Å². The lowest BCUT2D eigenvalue weighted by atomic mass is 10.0. The number of nitro benzene ring substituents is 1. The summed E-state index contributed by atoms with van der Waals surface area (Å²) in [4.78, 5) is 41.6. The number of carbonyl (C=O) groups is 2. The Hall–Kier alpha value is -2.64. The average molecular weight is 447 g/mol. The van der Waals surface area contributed by atoms with Crippen LogP contribution in [-0.2, 0) is 16.1 Å². The van der Waals surface area contributed by atoms with E-state index in [1.54, 1.807) is 10.6 Å². The quantitative estimate of drug-likeness (QED) is 0.386. The first kappa shape index (κ1) is 22.1. The van der Waals surface area contributed by atoms with Gasteiger partial charge in [-0.25, -0.2) is 0 Å². The van der Waals surface area contributed by atoms with Gasteiger partial charge in [0.2, 0.25) is 5.91 Å². The third-order valence-corrected chi connectivity index (χ3v) is 6.75. The number of amides is 2. The highest BCUT2D eigenvalue weighted by Gasteiger charge is 2.21. The molecular formula is C20H22N4O4S2. The van der Waals surface area contributed by atoms with Crippen molar-refractivity contribution in [2.24, 2.45) is 10.9 Å². The van der Waals surface area contributed by atoms with Crippen LogP contribution in [0.2, 0.25) is 0 Å². The average Bonchev–Trinajstić information content (AvgIpc) is 3.04. The molecule has 0 spiro atoms. The van der Waals surface area contributed by atoms with Crippen molar-refractivity contribution < 1.29 is 14.5 Å². The number of piperidine rings is 1. The molecule has 1 aliphatic heterocycles. The molecule has 0 N–H and O–H groups in total.